The van der Waals surface area contributed by atoms with Crippen LogP contribution in [0.25, 0.3) is 0 Å². The van der Waals surface area contributed by atoms with Crippen molar-refractivity contribution in [1.82, 2.24) is 5.32 Å². The molecule has 19 heavy (non-hydrogen) atoms. The topological polar surface area (TPSA) is 30.5 Å². The summed E-state index contributed by atoms with van der Waals surface area (Å²) in [6.07, 6.45) is 3.56. The third-order valence-corrected chi connectivity index (χ3v) is 3.18. The van der Waals surface area contributed by atoms with E-state index in [9.17, 15) is 0 Å². The first-order chi connectivity index (χ1) is 8.88. The molecule has 0 saturated carbocycles. The van der Waals surface area contributed by atoms with Crippen molar-refractivity contribution in [2.45, 2.75) is 26.2 Å². The molecule has 1 aliphatic rings. The summed E-state index contributed by atoms with van der Waals surface area (Å²) in [4.78, 5) is 0. The van der Waals surface area contributed by atoms with Crippen LogP contribution in [-0.2, 0) is 0 Å². The summed E-state index contributed by atoms with van der Waals surface area (Å²) >= 11 is 0. The van der Waals surface area contributed by atoms with Gasteiger partial charge in [-0.3, -0.25) is 0 Å². The van der Waals surface area contributed by atoms with E-state index in [-0.39, 0.29) is 12.4 Å². The lowest BCUT2D eigenvalue weighted by Gasteiger charge is -2.22. The van der Waals surface area contributed by atoms with Crippen LogP contribution in [0.4, 0.5) is 0 Å². The van der Waals surface area contributed by atoms with Gasteiger partial charge < -0.3 is 14.8 Å². The number of hydrogen-bond donors (Lipinski definition) is 1. The van der Waals surface area contributed by atoms with Crippen LogP contribution < -0.4 is 14.8 Å². The molecule has 0 radical (unpaired) electrons. The molecule has 4 heteroatoms. The van der Waals surface area contributed by atoms with Crippen LogP contribution in [0.3, 0.4) is 0 Å². The Morgan fingerprint density at radius 1 is 1.16 bits per heavy atom. The van der Waals surface area contributed by atoms with Crippen molar-refractivity contribution in [3.05, 3.63) is 24.3 Å². The van der Waals surface area contributed by atoms with E-state index in [1.165, 1.54) is 12.8 Å². The molecule has 0 aromatic heterocycles. The molecule has 1 aromatic rings. The monoisotopic (exact) mass is 285 g/mol. The van der Waals surface area contributed by atoms with Crippen LogP contribution in [0.1, 0.15) is 26.2 Å². The van der Waals surface area contributed by atoms with Gasteiger partial charge in [-0.2, -0.15) is 0 Å². The van der Waals surface area contributed by atoms with E-state index in [0.29, 0.717) is 5.92 Å². The van der Waals surface area contributed by atoms with Gasteiger partial charge >= 0.3 is 0 Å². The predicted octanol–water partition coefficient (Wildman–Crippen LogP) is 3.28. The summed E-state index contributed by atoms with van der Waals surface area (Å²) in [5, 5.41) is 3.40. The zero-order valence-electron chi connectivity index (χ0n) is 11.6. The van der Waals surface area contributed by atoms with Crippen molar-refractivity contribution in [2.75, 3.05) is 26.3 Å². The maximum Gasteiger partial charge on any atom is 0.119 e. The standard InChI is InChI=1S/C15H23NO2.ClH/c1-2-10-17-14-5-7-15(8-6-14)18-12-13-4-3-9-16-11-13;/h5-8,13,16H,2-4,9-12H2,1H3;1H. The van der Waals surface area contributed by atoms with E-state index in [4.69, 9.17) is 9.47 Å². The predicted molar refractivity (Wildman–Crippen MR) is 80.6 cm³/mol. The van der Waals surface area contributed by atoms with Gasteiger partial charge in [0.2, 0.25) is 0 Å². The summed E-state index contributed by atoms with van der Waals surface area (Å²) in [7, 11) is 0. The average Bonchev–Trinajstić information content (AvgIpc) is 2.45. The van der Waals surface area contributed by atoms with Gasteiger partial charge in [0.25, 0.3) is 0 Å². The minimum Gasteiger partial charge on any atom is -0.494 e. The molecule has 0 amide bonds. The number of halogens is 1. The molecule has 1 aromatic carbocycles. The second-order valence-corrected chi connectivity index (χ2v) is 4.84. The Labute approximate surface area is 122 Å². The Balaban J connectivity index is 0.00000180. The van der Waals surface area contributed by atoms with Gasteiger partial charge in [-0.05, 0) is 50.1 Å². The fraction of sp³-hybridized carbons (Fsp3) is 0.600. The largest absolute Gasteiger partial charge is 0.494 e. The third-order valence-electron chi connectivity index (χ3n) is 3.18. The summed E-state index contributed by atoms with van der Waals surface area (Å²) in [5.74, 6) is 2.50. The lowest BCUT2D eigenvalue weighted by molar-refractivity contribution is 0.218. The average molecular weight is 286 g/mol. The van der Waals surface area contributed by atoms with Crippen LogP contribution in [-0.4, -0.2) is 26.3 Å². The van der Waals surface area contributed by atoms with Gasteiger partial charge in [0.15, 0.2) is 0 Å². The molecule has 1 saturated heterocycles. The third kappa shape index (κ3) is 5.70. The normalized spacial score (nSPS) is 18.5. The number of ether oxygens (including phenoxy) is 2. The summed E-state index contributed by atoms with van der Waals surface area (Å²) in [5.41, 5.74) is 0. The molecule has 108 valence electrons. The van der Waals surface area contributed by atoms with Gasteiger partial charge in [0.1, 0.15) is 11.5 Å². The van der Waals surface area contributed by atoms with Gasteiger partial charge in [-0.1, -0.05) is 6.92 Å². The van der Waals surface area contributed by atoms with Crippen LogP contribution >= 0.6 is 12.4 Å². The van der Waals surface area contributed by atoms with E-state index >= 15 is 0 Å². The Morgan fingerprint density at radius 3 is 2.42 bits per heavy atom. The highest BCUT2D eigenvalue weighted by Crippen LogP contribution is 2.19. The van der Waals surface area contributed by atoms with Crippen molar-refractivity contribution in [3.8, 4) is 11.5 Å². The molecule has 1 atom stereocenters. The van der Waals surface area contributed by atoms with Gasteiger partial charge in [-0.15, -0.1) is 12.4 Å². The van der Waals surface area contributed by atoms with E-state index in [1.807, 2.05) is 24.3 Å². The van der Waals surface area contributed by atoms with Crippen molar-refractivity contribution in [3.63, 3.8) is 0 Å². The maximum absolute atomic E-state index is 5.81. The maximum atomic E-state index is 5.81. The summed E-state index contributed by atoms with van der Waals surface area (Å²) < 4.78 is 11.3. The second kappa shape index (κ2) is 9.05. The Morgan fingerprint density at radius 2 is 1.84 bits per heavy atom. The van der Waals surface area contributed by atoms with Crippen LogP contribution in [0, 0.1) is 5.92 Å². The van der Waals surface area contributed by atoms with E-state index < -0.39 is 0 Å². The Hall–Kier alpha value is -0.930. The molecule has 1 N–H and O–H groups in total. The first kappa shape index (κ1) is 16.1. The zero-order valence-corrected chi connectivity index (χ0v) is 12.4. The fourth-order valence-corrected chi connectivity index (χ4v) is 2.13. The van der Waals surface area contributed by atoms with E-state index in [2.05, 4.69) is 12.2 Å². The van der Waals surface area contributed by atoms with Crippen LogP contribution in [0.15, 0.2) is 24.3 Å². The van der Waals surface area contributed by atoms with Crippen molar-refractivity contribution in [2.24, 2.45) is 5.92 Å². The zero-order chi connectivity index (χ0) is 12.6. The molecule has 1 aliphatic heterocycles. The highest BCUT2D eigenvalue weighted by Gasteiger charge is 2.13. The minimum atomic E-state index is 0. The van der Waals surface area contributed by atoms with E-state index in [0.717, 1.165) is 44.2 Å². The van der Waals surface area contributed by atoms with Crippen LogP contribution in [0.5, 0.6) is 11.5 Å². The molecule has 3 nitrogen and oxygen atoms in total. The highest BCUT2D eigenvalue weighted by molar-refractivity contribution is 5.85. The molecule has 0 aliphatic carbocycles. The van der Waals surface area contributed by atoms with Crippen molar-refractivity contribution in [1.29, 1.82) is 0 Å². The van der Waals surface area contributed by atoms with Gasteiger partial charge in [0.05, 0.1) is 13.2 Å². The fourth-order valence-electron chi connectivity index (χ4n) is 2.13. The molecule has 1 fully saturated rings. The SMILES string of the molecule is CCCOc1ccc(OCC2CCCNC2)cc1.Cl. The first-order valence-corrected chi connectivity index (χ1v) is 6.95. The number of rotatable bonds is 6. The van der Waals surface area contributed by atoms with E-state index in [1.54, 1.807) is 0 Å². The Bertz CT molecular complexity index is 337. The lowest BCUT2D eigenvalue weighted by Crippen LogP contribution is -2.33. The van der Waals surface area contributed by atoms with Crippen LogP contribution in [0.2, 0.25) is 0 Å². The lowest BCUT2D eigenvalue weighted by atomic mass is 10.0. The molecule has 1 heterocycles. The highest BCUT2D eigenvalue weighted by atomic mass is 35.5. The number of nitrogens with one attached hydrogen (secondary N) is 1. The number of hydrogen-bond acceptors (Lipinski definition) is 3. The molecule has 1 unspecified atom stereocenters. The summed E-state index contributed by atoms with van der Waals surface area (Å²) in [6, 6.07) is 7.93. The van der Waals surface area contributed by atoms with Gasteiger partial charge in [0, 0.05) is 12.5 Å². The first-order valence-electron chi connectivity index (χ1n) is 6.95. The second-order valence-electron chi connectivity index (χ2n) is 4.84. The van der Waals surface area contributed by atoms with Gasteiger partial charge in [-0.25, -0.2) is 0 Å². The quantitative estimate of drug-likeness (QED) is 0.870. The smallest absolute Gasteiger partial charge is 0.119 e. The molecular weight excluding hydrogens is 262 g/mol. The minimum absolute atomic E-state index is 0. The molecule has 0 bridgehead atoms. The summed E-state index contributed by atoms with van der Waals surface area (Å²) in [6.45, 7) is 5.92. The Kier molecular flexibility index (Phi) is 7.68. The number of benzene rings is 1. The molecule has 0 spiro atoms. The molecular formula is C15H24ClNO2. The number of piperidine rings is 1. The van der Waals surface area contributed by atoms with Crippen molar-refractivity contribution < 1.29 is 9.47 Å². The molecule has 2 rings (SSSR count). The van der Waals surface area contributed by atoms with Crippen molar-refractivity contribution >= 4 is 12.4 Å².